The van der Waals surface area contributed by atoms with Crippen LogP contribution in [0.5, 0.6) is 0 Å². The quantitative estimate of drug-likeness (QED) is 0.491. The first kappa shape index (κ1) is 17.9. The number of hydrogen-bond acceptors (Lipinski definition) is 5. The summed E-state index contributed by atoms with van der Waals surface area (Å²) in [7, 11) is 0. The van der Waals surface area contributed by atoms with Gasteiger partial charge in [0.15, 0.2) is 0 Å². The van der Waals surface area contributed by atoms with Crippen LogP contribution in [0.4, 0.5) is 16.2 Å². The van der Waals surface area contributed by atoms with Crippen molar-refractivity contribution in [2.24, 2.45) is 5.92 Å². The highest BCUT2D eigenvalue weighted by Gasteiger charge is 2.51. The van der Waals surface area contributed by atoms with E-state index in [2.05, 4.69) is 0 Å². The average Bonchev–Trinajstić information content (AvgIpc) is 3.00. The van der Waals surface area contributed by atoms with Gasteiger partial charge >= 0.3 is 12.1 Å². The molecule has 3 atom stereocenters. The number of benzene rings is 1. The fourth-order valence-electron chi connectivity index (χ4n) is 3.70. The molecular formula is C18H20N2O6. The van der Waals surface area contributed by atoms with Crippen molar-refractivity contribution in [1.29, 1.82) is 0 Å². The first-order chi connectivity index (χ1) is 12.1. The van der Waals surface area contributed by atoms with Crippen LogP contribution < -0.4 is 4.90 Å². The molecule has 0 fully saturated rings. The van der Waals surface area contributed by atoms with Crippen molar-refractivity contribution in [3.05, 3.63) is 46.0 Å². The smallest absolute Gasteiger partial charge is 0.415 e. The van der Waals surface area contributed by atoms with Crippen molar-refractivity contribution >= 4 is 23.4 Å². The number of carbonyl (C=O) groups is 2. The Labute approximate surface area is 150 Å². The van der Waals surface area contributed by atoms with Crippen molar-refractivity contribution in [2.75, 3.05) is 4.90 Å². The third-order valence-electron chi connectivity index (χ3n) is 4.58. The van der Waals surface area contributed by atoms with Gasteiger partial charge in [-0.15, -0.1) is 0 Å². The van der Waals surface area contributed by atoms with E-state index < -0.39 is 34.5 Å². The molecule has 8 heteroatoms. The molecule has 0 saturated carbocycles. The van der Waals surface area contributed by atoms with Gasteiger partial charge < -0.3 is 9.84 Å². The number of anilines is 1. The summed E-state index contributed by atoms with van der Waals surface area (Å²) in [5.41, 5.74) is -0.596. The highest BCUT2D eigenvalue weighted by atomic mass is 16.6. The summed E-state index contributed by atoms with van der Waals surface area (Å²) in [4.78, 5) is 36.8. The largest absolute Gasteiger partial charge is 0.480 e. The third-order valence-corrected chi connectivity index (χ3v) is 4.58. The van der Waals surface area contributed by atoms with E-state index in [0.29, 0.717) is 12.0 Å². The van der Waals surface area contributed by atoms with E-state index >= 15 is 0 Å². The third kappa shape index (κ3) is 2.91. The number of nitro groups is 1. The van der Waals surface area contributed by atoms with Crippen molar-refractivity contribution < 1.29 is 24.4 Å². The summed E-state index contributed by atoms with van der Waals surface area (Å²) < 4.78 is 5.38. The Kier molecular flexibility index (Phi) is 4.21. The van der Waals surface area contributed by atoms with Crippen LogP contribution >= 0.6 is 0 Å². The monoisotopic (exact) mass is 360 g/mol. The van der Waals surface area contributed by atoms with Gasteiger partial charge in [-0.1, -0.05) is 24.3 Å². The molecule has 1 aliphatic carbocycles. The minimum atomic E-state index is -1.24. The van der Waals surface area contributed by atoms with Gasteiger partial charge in [0.25, 0.3) is 5.69 Å². The van der Waals surface area contributed by atoms with Gasteiger partial charge in [-0.2, -0.15) is 0 Å². The lowest BCUT2D eigenvalue weighted by Crippen LogP contribution is -2.54. The van der Waals surface area contributed by atoms with Crippen LogP contribution in [-0.4, -0.2) is 33.7 Å². The SMILES string of the molecule is CC(C)(C)OC(=O)N1c2c(cccc2[N+](=O)[O-])[C@H]2C=CC[C@H]2[C@H]1C(=O)O. The van der Waals surface area contributed by atoms with E-state index in [4.69, 9.17) is 4.74 Å². The normalized spacial score (nSPS) is 24.0. The molecule has 0 unspecified atom stereocenters. The van der Waals surface area contributed by atoms with Crippen LogP contribution in [0.2, 0.25) is 0 Å². The molecule has 0 radical (unpaired) electrons. The summed E-state index contributed by atoms with van der Waals surface area (Å²) in [5, 5.41) is 21.4. The van der Waals surface area contributed by atoms with Crippen LogP contribution in [0.3, 0.4) is 0 Å². The zero-order valence-corrected chi connectivity index (χ0v) is 14.7. The number of amides is 1. The molecule has 0 spiro atoms. The predicted octanol–water partition coefficient (Wildman–Crippen LogP) is 3.46. The topological polar surface area (TPSA) is 110 Å². The molecule has 1 amide bonds. The number of nitro benzene ring substituents is 1. The second-order valence-corrected chi connectivity index (χ2v) is 7.46. The summed E-state index contributed by atoms with van der Waals surface area (Å²) in [5.74, 6) is -1.89. The number of ether oxygens (including phenoxy) is 1. The van der Waals surface area contributed by atoms with Gasteiger partial charge in [-0.05, 0) is 32.8 Å². The summed E-state index contributed by atoms with van der Waals surface area (Å²) >= 11 is 0. The first-order valence-electron chi connectivity index (χ1n) is 8.31. The number of carbonyl (C=O) groups excluding carboxylic acids is 1. The molecule has 26 heavy (non-hydrogen) atoms. The minimum absolute atomic E-state index is 0.00644. The Morgan fingerprint density at radius 1 is 1.35 bits per heavy atom. The number of allylic oxidation sites excluding steroid dienone is 2. The Hall–Kier alpha value is -2.90. The molecule has 1 aliphatic heterocycles. The number of hydrogen-bond donors (Lipinski definition) is 1. The molecule has 0 saturated heterocycles. The Balaban J connectivity index is 2.23. The maximum absolute atomic E-state index is 12.9. The van der Waals surface area contributed by atoms with Crippen molar-refractivity contribution in [3.8, 4) is 0 Å². The molecule has 1 heterocycles. The van der Waals surface area contributed by atoms with Gasteiger partial charge in [0.1, 0.15) is 17.3 Å². The van der Waals surface area contributed by atoms with Gasteiger partial charge in [-0.3, -0.25) is 15.0 Å². The molecule has 2 aliphatic rings. The Bertz CT molecular complexity index is 810. The zero-order valence-electron chi connectivity index (χ0n) is 14.7. The lowest BCUT2D eigenvalue weighted by Gasteiger charge is -2.41. The number of rotatable bonds is 2. The standard InChI is InChI=1S/C18H20N2O6/c1-18(2,3)26-17(23)19-14-11(8-5-9-13(14)20(24)25)10-6-4-7-12(10)15(19)16(21)22/h4-6,8-10,12,15H,7H2,1-3H3,(H,21,22)/t10-,12-,15+/m1/s1. The maximum Gasteiger partial charge on any atom is 0.415 e. The Morgan fingerprint density at radius 3 is 2.62 bits per heavy atom. The number of nitrogens with zero attached hydrogens (tertiary/aromatic N) is 2. The van der Waals surface area contributed by atoms with Crippen LogP contribution in [0.25, 0.3) is 0 Å². The number of carboxylic acids is 1. The molecule has 8 nitrogen and oxygen atoms in total. The van der Waals surface area contributed by atoms with Crippen LogP contribution in [0.15, 0.2) is 30.4 Å². The van der Waals surface area contributed by atoms with Crippen LogP contribution in [0.1, 0.15) is 38.7 Å². The number of aliphatic carboxylic acids is 1. The molecule has 1 aromatic carbocycles. The van der Waals surface area contributed by atoms with Gasteiger partial charge in [-0.25, -0.2) is 9.59 Å². The van der Waals surface area contributed by atoms with Crippen molar-refractivity contribution in [1.82, 2.24) is 0 Å². The Morgan fingerprint density at radius 2 is 2.04 bits per heavy atom. The second-order valence-electron chi connectivity index (χ2n) is 7.46. The molecule has 0 aromatic heterocycles. The van der Waals surface area contributed by atoms with E-state index in [-0.39, 0.29) is 17.3 Å². The summed E-state index contributed by atoms with van der Waals surface area (Å²) in [6.07, 6.45) is 3.29. The second kappa shape index (κ2) is 6.12. The predicted molar refractivity (Wildman–Crippen MR) is 93.2 cm³/mol. The van der Waals surface area contributed by atoms with E-state index in [0.717, 1.165) is 4.90 Å². The lowest BCUT2D eigenvalue weighted by atomic mass is 9.78. The first-order valence-corrected chi connectivity index (χ1v) is 8.31. The van der Waals surface area contributed by atoms with E-state index in [1.165, 1.54) is 6.07 Å². The lowest BCUT2D eigenvalue weighted by molar-refractivity contribution is -0.384. The summed E-state index contributed by atoms with van der Waals surface area (Å²) in [6.45, 7) is 4.97. The molecule has 3 rings (SSSR count). The summed E-state index contributed by atoms with van der Waals surface area (Å²) in [6, 6.07) is 3.28. The zero-order chi connectivity index (χ0) is 19.2. The average molecular weight is 360 g/mol. The van der Waals surface area contributed by atoms with Crippen LogP contribution in [-0.2, 0) is 9.53 Å². The van der Waals surface area contributed by atoms with Crippen LogP contribution in [0, 0.1) is 16.0 Å². The van der Waals surface area contributed by atoms with Crippen molar-refractivity contribution in [2.45, 2.75) is 44.8 Å². The van der Waals surface area contributed by atoms with Gasteiger partial charge in [0, 0.05) is 17.9 Å². The minimum Gasteiger partial charge on any atom is -0.480 e. The molecule has 1 N–H and O–H groups in total. The number of fused-ring (bicyclic) bond motifs is 3. The molecule has 1 aromatic rings. The van der Waals surface area contributed by atoms with Gasteiger partial charge in [0.05, 0.1) is 4.92 Å². The fraction of sp³-hybridized carbons (Fsp3) is 0.444. The molecule has 138 valence electrons. The fourth-order valence-corrected chi connectivity index (χ4v) is 3.70. The van der Waals surface area contributed by atoms with E-state index in [1.54, 1.807) is 32.9 Å². The molecular weight excluding hydrogens is 340 g/mol. The van der Waals surface area contributed by atoms with Gasteiger partial charge in [0.2, 0.25) is 0 Å². The number of para-hydroxylation sites is 1. The maximum atomic E-state index is 12.9. The highest BCUT2D eigenvalue weighted by molar-refractivity contribution is 6.00. The highest BCUT2D eigenvalue weighted by Crippen LogP contribution is 2.50. The number of carboxylic acid groups (broad SMARTS) is 1. The van der Waals surface area contributed by atoms with E-state index in [1.807, 2.05) is 12.2 Å². The van der Waals surface area contributed by atoms with Crippen molar-refractivity contribution in [3.63, 3.8) is 0 Å². The van der Waals surface area contributed by atoms with E-state index in [9.17, 15) is 24.8 Å². The molecule has 0 bridgehead atoms.